The molecule has 148 valence electrons. The molecule has 0 radical (unpaired) electrons. The minimum atomic E-state index is -0.335. The summed E-state index contributed by atoms with van der Waals surface area (Å²) in [5.74, 6) is 0.258. The second-order valence-corrected chi connectivity index (χ2v) is 7.20. The summed E-state index contributed by atoms with van der Waals surface area (Å²) in [6.45, 7) is 0. The fourth-order valence-corrected chi connectivity index (χ4v) is 3.81. The van der Waals surface area contributed by atoms with E-state index in [2.05, 4.69) is 31.2 Å². The van der Waals surface area contributed by atoms with Gasteiger partial charge in [-0.25, -0.2) is 9.37 Å². The van der Waals surface area contributed by atoms with E-state index >= 15 is 0 Å². The summed E-state index contributed by atoms with van der Waals surface area (Å²) in [5, 5.41) is 8.48. The Morgan fingerprint density at radius 1 is 0.806 bits per heavy atom. The van der Waals surface area contributed by atoms with Crippen molar-refractivity contribution in [2.75, 3.05) is 0 Å². The second kappa shape index (κ2) is 6.84. The largest absolute Gasteiger partial charge is 0.336 e. The van der Waals surface area contributed by atoms with E-state index in [0.29, 0.717) is 28.3 Å². The van der Waals surface area contributed by atoms with Gasteiger partial charge < -0.3 is 4.98 Å². The van der Waals surface area contributed by atoms with Gasteiger partial charge in [0.15, 0.2) is 5.82 Å². The maximum atomic E-state index is 14.4. The van der Waals surface area contributed by atoms with Crippen LogP contribution >= 0.6 is 0 Å². The van der Waals surface area contributed by atoms with Gasteiger partial charge in [-0.3, -0.25) is 15.1 Å². The second-order valence-electron chi connectivity index (χ2n) is 7.20. The van der Waals surface area contributed by atoms with Crippen molar-refractivity contribution in [3.63, 3.8) is 0 Å². The number of pyridine rings is 2. The number of nitrogens with one attached hydrogen (secondary N) is 2. The SMILES string of the molecule is Fc1ccccc1-c1nccc2[nH]c(-c3n[nH]c4ccc(-c5cccnc5)cc34)nc12. The molecule has 0 aliphatic heterocycles. The predicted molar refractivity (Wildman–Crippen MR) is 118 cm³/mol. The number of aromatic amines is 2. The highest BCUT2D eigenvalue weighted by molar-refractivity contribution is 5.97. The van der Waals surface area contributed by atoms with Gasteiger partial charge in [-0.05, 0) is 42.0 Å². The van der Waals surface area contributed by atoms with Gasteiger partial charge >= 0.3 is 0 Å². The molecule has 0 saturated heterocycles. The van der Waals surface area contributed by atoms with E-state index in [1.807, 2.05) is 36.5 Å². The summed E-state index contributed by atoms with van der Waals surface area (Å²) < 4.78 is 14.4. The molecule has 0 atom stereocenters. The number of halogens is 1. The zero-order valence-electron chi connectivity index (χ0n) is 16.2. The maximum absolute atomic E-state index is 14.4. The summed E-state index contributed by atoms with van der Waals surface area (Å²) in [6.07, 6.45) is 5.23. The van der Waals surface area contributed by atoms with Gasteiger partial charge in [-0.15, -0.1) is 0 Å². The van der Waals surface area contributed by atoms with E-state index in [1.54, 1.807) is 30.6 Å². The van der Waals surface area contributed by atoms with Crippen LogP contribution in [0.3, 0.4) is 0 Å². The molecule has 0 saturated carbocycles. The Hall–Kier alpha value is -4.39. The normalized spacial score (nSPS) is 11.4. The van der Waals surface area contributed by atoms with Crippen LogP contribution in [0, 0.1) is 5.82 Å². The lowest BCUT2D eigenvalue weighted by atomic mass is 10.0. The van der Waals surface area contributed by atoms with E-state index in [9.17, 15) is 4.39 Å². The van der Waals surface area contributed by atoms with Crippen LogP contribution in [0.1, 0.15) is 0 Å². The molecule has 0 aliphatic rings. The van der Waals surface area contributed by atoms with Crippen molar-refractivity contribution < 1.29 is 4.39 Å². The first kappa shape index (κ1) is 17.5. The Morgan fingerprint density at radius 3 is 2.61 bits per heavy atom. The molecule has 31 heavy (non-hydrogen) atoms. The van der Waals surface area contributed by atoms with Crippen LogP contribution in [-0.4, -0.2) is 30.1 Å². The van der Waals surface area contributed by atoms with Crippen molar-refractivity contribution in [2.24, 2.45) is 0 Å². The fraction of sp³-hybridized carbons (Fsp3) is 0. The quantitative estimate of drug-likeness (QED) is 0.414. The molecule has 0 aliphatic carbocycles. The molecule has 0 amide bonds. The number of rotatable bonds is 3. The summed E-state index contributed by atoms with van der Waals surface area (Å²) in [4.78, 5) is 16.7. The molecule has 6 rings (SSSR count). The maximum Gasteiger partial charge on any atom is 0.159 e. The molecule has 0 unspecified atom stereocenters. The van der Waals surface area contributed by atoms with Gasteiger partial charge in [-0.2, -0.15) is 5.10 Å². The Morgan fingerprint density at radius 2 is 1.74 bits per heavy atom. The Bertz CT molecular complexity index is 1550. The van der Waals surface area contributed by atoms with E-state index in [4.69, 9.17) is 4.98 Å². The Labute approximate surface area is 175 Å². The lowest BCUT2D eigenvalue weighted by molar-refractivity contribution is 0.631. The van der Waals surface area contributed by atoms with Crippen LogP contribution in [-0.2, 0) is 0 Å². The van der Waals surface area contributed by atoms with Gasteiger partial charge in [0.1, 0.15) is 22.7 Å². The molecule has 0 fully saturated rings. The van der Waals surface area contributed by atoms with Gasteiger partial charge in [0.05, 0.1) is 11.0 Å². The molecule has 2 aromatic carbocycles. The Balaban J connectivity index is 1.53. The van der Waals surface area contributed by atoms with Crippen molar-refractivity contribution in [1.82, 2.24) is 30.1 Å². The lowest BCUT2D eigenvalue weighted by Crippen LogP contribution is -1.89. The lowest BCUT2D eigenvalue weighted by Gasteiger charge is -2.02. The molecule has 0 bridgehead atoms. The topological polar surface area (TPSA) is 83.1 Å². The zero-order valence-corrected chi connectivity index (χ0v) is 16.2. The zero-order chi connectivity index (χ0) is 20.8. The van der Waals surface area contributed by atoms with Crippen LogP contribution < -0.4 is 0 Å². The minimum Gasteiger partial charge on any atom is -0.336 e. The van der Waals surface area contributed by atoms with Crippen LogP contribution in [0.15, 0.2) is 79.3 Å². The minimum absolute atomic E-state index is 0.335. The summed E-state index contributed by atoms with van der Waals surface area (Å²) in [5.41, 5.74) is 5.92. The van der Waals surface area contributed by atoms with Crippen molar-refractivity contribution in [3.8, 4) is 33.9 Å². The Kier molecular flexibility index (Phi) is 3.86. The fourth-order valence-electron chi connectivity index (χ4n) is 3.81. The van der Waals surface area contributed by atoms with E-state index < -0.39 is 0 Å². The summed E-state index contributed by atoms with van der Waals surface area (Å²) in [7, 11) is 0. The van der Waals surface area contributed by atoms with Gasteiger partial charge in [0.2, 0.25) is 0 Å². The third kappa shape index (κ3) is 2.86. The van der Waals surface area contributed by atoms with Crippen LogP contribution in [0.2, 0.25) is 0 Å². The highest BCUT2D eigenvalue weighted by atomic mass is 19.1. The monoisotopic (exact) mass is 406 g/mol. The van der Waals surface area contributed by atoms with E-state index in [1.165, 1.54) is 6.07 Å². The third-order valence-corrected chi connectivity index (χ3v) is 5.31. The molecule has 6 aromatic rings. The number of imidazole rings is 1. The van der Waals surface area contributed by atoms with Crippen molar-refractivity contribution in [1.29, 1.82) is 0 Å². The number of aromatic nitrogens is 6. The molecule has 6 nitrogen and oxygen atoms in total. The molecule has 2 N–H and O–H groups in total. The summed E-state index contributed by atoms with van der Waals surface area (Å²) >= 11 is 0. The van der Waals surface area contributed by atoms with Gasteiger partial charge in [-0.1, -0.05) is 24.3 Å². The van der Waals surface area contributed by atoms with Crippen molar-refractivity contribution in [3.05, 3.63) is 85.1 Å². The highest BCUT2D eigenvalue weighted by Gasteiger charge is 2.17. The number of nitrogens with zero attached hydrogens (tertiary/aromatic N) is 4. The van der Waals surface area contributed by atoms with Crippen LogP contribution in [0.4, 0.5) is 4.39 Å². The van der Waals surface area contributed by atoms with E-state index in [0.717, 1.165) is 27.5 Å². The average Bonchev–Trinajstić information content (AvgIpc) is 3.43. The standard InChI is InChI=1S/C24H15FN6/c25-18-6-2-1-5-16(18)21-23-20(9-11-27-21)28-24(29-23)22-17-12-14(7-8-19(17)30-31-22)15-4-3-10-26-13-15/h1-13H,(H,28,29)(H,30,31). The molecule has 4 aromatic heterocycles. The van der Waals surface area contributed by atoms with Crippen molar-refractivity contribution in [2.45, 2.75) is 0 Å². The predicted octanol–water partition coefficient (Wildman–Crippen LogP) is 5.37. The number of hydrogen-bond acceptors (Lipinski definition) is 4. The number of benzene rings is 2. The van der Waals surface area contributed by atoms with E-state index in [-0.39, 0.29) is 5.82 Å². The van der Waals surface area contributed by atoms with Crippen molar-refractivity contribution >= 4 is 21.9 Å². The number of fused-ring (bicyclic) bond motifs is 2. The van der Waals surface area contributed by atoms with Gasteiger partial charge in [0.25, 0.3) is 0 Å². The van der Waals surface area contributed by atoms with Crippen LogP contribution in [0.25, 0.3) is 55.8 Å². The first-order chi connectivity index (χ1) is 15.3. The molecular formula is C24H15FN6. The molecule has 7 heteroatoms. The third-order valence-electron chi connectivity index (χ3n) is 5.31. The molecule has 0 spiro atoms. The first-order valence-corrected chi connectivity index (χ1v) is 9.76. The number of H-pyrrole nitrogens is 2. The smallest absolute Gasteiger partial charge is 0.159 e. The number of hydrogen-bond donors (Lipinski definition) is 2. The molecular weight excluding hydrogens is 391 g/mol. The highest BCUT2D eigenvalue weighted by Crippen LogP contribution is 2.32. The first-order valence-electron chi connectivity index (χ1n) is 9.76. The van der Waals surface area contributed by atoms with Gasteiger partial charge in [0, 0.05) is 35.1 Å². The van der Waals surface area contributed by atoms with Crippen LogP contribution in [0.5, 0.6) is 0 Å². The summed E-state index contributed by atoms with van der Waals surface area (Å²) in [6, 6.07) is 18.4. The average molecular weight is 406 g/mol. The molecule has 4 heterocycles.